The normalized spacial score (nSPS) is 8.19. The molecule has 0 aliphatic carbocycles. The molecule has 0 aromatic carbocycles. The monoisotopic (exact) mass is 507 g/mol. The molecule has 2 aromatic rings. The van der Waals surface area contributed by atoms with Gasteiger partial charge in [0.2, 0.25) is 0 Å². The molecule has 0 amide bonds. The summed E-state index contributed by atoms with van der Waals surface area (Å²) in [4.78, 5) is 8.18. The molecule has 0 aliphatic heterocycles. The molecule has 0 saturated carbocycles. The van der Waals surface area contributed by atoms with E-state index in [-0.39, 0.29) is 45.9 Å². The second kappa shape index (κ2) is 14.5. The topological polar surface area (TPSA) is 25.8 Å². The van der Waals surface area contributed by atoms with Gasteiger partial charge in [-0.2, -0.15) is 0 Å². The number of hydrogen-bond donors (Lipinski definition) is 0. The van der Waals surface area contributed by atoms with Gasteiger partial charge in [0.15, 0.2) is 0 Å². The van der Waals surface area contributed by atoms with Crippen molar-refractivity contribution in [3.63, 3.8) is 0 Å². The Morgan fingerprint density at radius 2 is 1.10 bits per heavy atom. The number of hydrogen-bond acceptors (Lipinski definition) is 2. The zero-order valence-corrected chi connectivity index (χ0v) is 16.6. The third-order valence-electron chi connectivity index (χ3n) is 2.74. The van der Waals surface area contributed by atoms with Crippen molar-refractivity contribution in [1.82, 2.24) is 9.97 Å². The largest absolute Gasteiger partial charge is 2.00 e. The van der Waals surface area contributed by atoms with E-state index >= 15 is 0 Å². The molecule has 0 aliphatic rings. The minimum atomic E-state index is 0. The van der Waals surface area contributed by atoms with Crippen molar-refractivity contribution in [1.29, 1.82) is 0 Å². The second-order valence-corrected chi connectivity index (χ2v) is 4.32. The summed E-state index contributed by atoms with van der Waals surface area (Å²) in [5, 5.41) is 0. The smallest absolute Gasteiger partial charge is 1.00 e. The zero-order valence-electron chi connectivity index (χ0n) is 12.8. The van der Waals surface area contributed by atoms with Gasteiger partial charge in [-0.15, -0.1) is 0 Å². The summed E-state index contributed by atoms with van der Waals surface area (Å²) in [5.74, 6) is 0. The molecule has 2 nitrogen and oxygen atoms in total. The molecule has 120 valence electrons. The van der Waals surface area contributed by atoms with Crippen LogP contribution >= 0.6 is 0 Å². The summed E-state index contributed by atoms with van der Waals surface area (Å²) in [5.41, 5.74) is 4.94. The van der Waals surface area contributed by atoms with Crippen molar-refractivity contribution in [2.75, 3.05) is 0 Å². The number of aromatic nitrogens is 2. The maximum absolute atomic E-state index is 4.09. The van der Waals surface area contributed by atoms with E-state index in [0.717, 1.165) is 24.2 Å². The summed E-state index contributed by atoms with van der Waals surface area (Å²) in [6.45, 7) is 8.32. The van der Waals surface area contributed by atoms with Crippen LogP contribution in [0.1, 0.15) is 36.4 Å². The molecule has 21 heavy (non-hydrogen) atoms. The van der Waals surface area contributed by atoms with Gasteiger partial charge in [0.25, 0.3) is 0 Å². The predicted molar refractivity (Wildman–Crippen MR) is 76.7 cm³/mol. The maximum atomic E-state index is 4.09. The summed E-state index contributed by atoms with van der Waals surface area (Å²) in [7, 11) is 0. The van der Waals surface area contributed by atoms with E-state index in [1.165, 1.54) is 11.1 Å². The van der Waals surface area contributed by atoms with Crippen molar-refractivity contribution in [2.45, 2.75) is 40.5 Å². The Morgan fingerprint density at radius 3 is 1.29 bits per heavy atom. The number of pyridine rings is 2. The summed E-state index contributed by atoms with van der Waals surface area (Å²) in [6, 6.07) is 8.32. The molecule has 0 N–H and O–H groups in total. The molecule has 2 rings (SSSR count). The number of nitrogens with zero attached hydrogens (tertiary/aromatic N) is 2. The Labute approximate surface area is 155 Å². The molecule has 2 aromatic heterocycles. The molecule has 0 atom stereocenters. The standard InChI is InChI=1S/2C8H11N.2ClH.Pt/c2*1-3-8-4-5-9-7(2)6-8;;;/h2*4-6H,3H2,1-2H3;2*1H;/q;;;;+2/p-2. The third kappa shape index (κ3) is 10.9. The Morgan fingerprint density at radius 1 is 0.762 bits per heavy atom. The van der Waals surface area contributed by atoms with Crippen LogP contribution in [-0.4, -0.2) is 9.97 Å². The molecule has 0 saturated heterocycles. The van der Waals surface area contributed by atoms with Gasteiger partial charge in [-0.1, -0.05) is 13.8 Å². The predicted octanol–water partition coefficient (Wildman–Crippen LogP) is -2.09. The van der Waals surface area contributed by atoms with Gasteiger partial charge in [-0.25, -0.2) is 0 Å². The Hall–Kier alpha value is -0.432. The Balaban J connectivity index is -0.000000270. The molecule has 2 heterocycles. The molecule has 0 fully saturated rings. The van der Waals surface area contributed by atoms with Crippen LogP contribution in [0.3, 0.4) is 0 Å². The molecule has 0 bridgehead atoms. The third-order valence-corrected chi connectivity index (χ3v) is 2.74. The van der Waals surface area contributed by atoms with E-state index in [4.69, 9.17) is 0 Å². The van der Waals surface area contributed by atoms with Crippen molar-refractivity contribution >= 4 is 0 Å². The van der Waals surface area contributed by atoms with Crippen molar-refractivity contribution in [3.05, 3.63) is 59.2 Å². The molecule has 0 unspecified atom stereocenters. The van der Waals surface area contributed by atoms with Gasteiger partial charge in [-0.3, -0.25) is 9.97 Å². The summed E-state index contributed by atoms with van der Waals surface area (Å²) in [6.07, 6.45) is 5.91. The van der Waals surface area contributed by atoms with Crippen LogP contribution in [0.15, 0.2) is 36.7 Å². The first-order valence-electron chi connectivity index (χ1n) is 6.48. The van der Waals surface area contributed by atoms with E-state index in [2.05, 4.69) is 35.9 Å². The molecular weight excluding hydrogens is 486 g/mol. The molecule has 5 heteroatoms. The minimum absolute atomic E-state index is 0. The zero-order chi connectivity index (χ0) is 13.4. The van der Waals surface area contributed by atoms with Gasteiger partial charge >= 0.3 is 21.1 Å². The van der Waals surface area contributed by atoms with E-state index in [0.29, 0.717) is 0 Å². The quantitative estimate of drug-likeness (QED) is 0.466. The van der Waals surface area contributed by atoms with Gasteiger partial charge in [-0.05, 0) is 62.1 Å². The van der Waals surface area contributed by atoms with Crippen LogP contribution in [0.2, 0.25) is 0 Å². The van der Waals surface area contributed by atoms with Gasteiger partial charge in [0, 0.05) is 23.8 Å². The van der Waals surface area contributed by atoms with Crippen molar-refractivity contribution in [3.8, 4) is 0 Å². The summed E-state index contributed by atoms with van der Waals surface area (Å²) >= 11 is 0. The first-order valence-corrected chi connectivity index (χ1v) is 6.48. The molecule has 0 spiro atoms. The number of rotatable bonds is 2. The van der Waals surface area contributed by atoms with Gasteiger partial charge in [0.05, 0.1) is 0 Å². The second-order valence-electron chi connectivity index (χ2n) is 4.32. The van der Waals surface area contributed by atoms with Crippen molar-refractivity contribution in [2.24, 2.45) is 0 Å². The van der Waals surface area contributed by atoms with E-state index in [1.54, 1.807) is 0 Å². The number of halogens is 2. The van der Waals surface area contributed by atoms with Crippen LogP contribution < -0.4 is 24.8 Å². The average Bonchev–Trinajstić information content (AvgIpc) is 2.39. The van der Waals surface area contributed by atoms with E-state index in [9.17, 15) is 0 Å². The molecule has 0 radical (unpaired) electrons. The van der Waals surface area contributed by atoms with Crippen LogP contribution in [0.25, 0.3) is 0 Å². The van der Waals surface area contributed by atoms with Gasteiger partial charge in [0.1, 0.15) is 0 Å². The van der Waals surface area contributed by atoms with E-state index < -0.39 is 0 Å². The fourth-order valence-corrected chi connectivity index (χ4v) is 1.65. The fraction of sp³-hybridized carbons (Fsp3) is 0.375. The first-order chi connectivity index (χ1) is 8.65. The fourth-order valence-electron chi connectivity index (χ4n) is 1.65. The first kappa shape index (κ1) is 25.5. The average molecular weight is 508 g/mol. The van der Waals surface area contributed by atoms with Crippen LogP contribution in [0.5, 0.6) is 0 Å². The van der Waals surface area contributed by atoms with Crippen LogP contribution in [-0.2, 0) is 33.9 Å². The van der Waals surface area contributed by atoms with Crippen LogP contribution in [0, 0.1) is 13.8 Å². The number of aryl methyl sites for hydroxylation is 4. The molecular formula is C16H22Cl2N2Pt. The van der Waals surface area contributed by atoms with Crippen LogP contribution in [0.4, 0.5) is 0 Å². The maximum Gasteiger partial charge on any atom is 2.00 e. The van der Waals surface area contributed by atoms with E-state index in [1.807, 2.05) is 38.4 Å². The Bertz CT molecular complexity index is 448. The van der Waals surface area contributed by atoms with Crippen molar-refractivity contribution < 1.29 is 45.9 Å². The Kier molecular flexibility index (Phi) is 17.6. The minimum Gasteiger partial charge on any atom is -1.00 e. The summed E-state index contributed by atoms with van der Waals surface area (Å²) < 4.78 is 0. The van der Waals surface area contributed by atoms with Gasteiger partial charge < -0.3 is 24.8 Å². The SMILES string of the molecule is CCc1ccnc(C)c1.CCc1ccnc(C)c1.[Cl-].[Cl-].[Pt+2].